The number of nitrogens with zero attached hydrogens (tertiary/aromatic N) is 3. The van der Waals surface area contributed by atoms with Crippen LogP contribution < -0.4 is 5.32 Å². The number of hydrogen-bond donors (Lipinski definition) is 1. The molecule has 1 aliphatic rings. The maximum absolute atomic E-state index is 12.2. The minimum absolute atomic E-state index is 0.141. The summed E-state index contributed by atoms with van der Waals surface area (Å²) in [4.78, 5) is 21.1. The van der Waals surface area contributed by atoms with E-state index < -0.39 is 0 Å². The number of fused-ring (bicyclic) bond motifs is 1. The molecule has 136 valence electrons. The molecule has 0 spiro atoms. The number of aromatic nitrogens is 2. The summed E-state index contributed by atoms with van der Waals surface area (Å²) < 4.78 is 0. The summed E-state index contributed by atoms with van der Waals surface area (Å²) in [6, 6.07) is 6.26. The van der Waals surface area contributed by atoms with Gasteiger partial charge in [0, 0.05) is 24.9 Å². The van der Waals surface area contributed by atoms with E-state index in [1.165, 1.54) is 0 Å². The van der Waals surface area contributed by atoms with Crippen LogP contribution in [-0.4, -0.2) is 21.9 Å². The second-order valence-electron chi connectivity index (χ2n) is 7.94. The van der Waals surface area contributed by atoms with Gasteiger partial charge in [0.15, 0.2) is 0 Å². The first-order chi connectivity index (χ1) is 12.5. The quantitative estimate of drug-likeness (QED) is 0.906. The lowest BCUT2D eigenvalue weighted by atomic mass is 9.75. The highest BCUT2D eigenvalue weighted by Gasteiger charge is 2.30. The smallest absolute Gasteiger partial charge is 0.220 e. The third-order valence-corrected chi connectivity index (χ3v) is 5.12. The highest BCUT2D eigenvalue weighted by molar-refractivity contribution is 5.84. The Morgan fingerprint density at radius 2 is 1.96 bits per heavy atom. The Morgan fingerprint density at radius 1 is 1.23 bits per heavy atom. The van der Waals surface area contributed by atoms with Crippen LogP contribution in [0.25, 0.3) is 11.0 Å². The van der Waals surface area contributed by atoms with E-state index in [9.17, 15) is 10.1 Å². The highest BCUT2D eigenvalue weighted by atomic mass is 16.1. The van der Waals surface area contributed by atoms with Crippen molar-refractivity contribution in [2.45, 2.75) is 58.4 Å². The normalized spacial score (nSPS) is 23.0. The van der Waals surface area contributed by atoms with Crippen molar-refractivity contribution in [3.05, 3.63) is 35.7 Å². The minimum atomic E-state index is 0.141. The zero-order chi connectivity index (χ0) is 18.7. The maximum Gasteiger partial charge on any atom is 0.220 e. The third-order valence-electron chi connectivity index (χ3n) is 5.12. The fourth-order valence-electron chi connectivity index (χ4n) is 4.13. The lowest BCUT2D eigenvalue weighted by Gasteiger charge is -2.34. The third kappa shape index (κ3) is 4.01. The molecule has 1 aromatic carbocycles. The van der Waals surface area contributed by atoms with E-state index >= 15 is 0 Å². The van der Waals surface area contributed by atoms with Gasteiger partial charge in [-0.1, -0.05) is 26.8 Å². The summed E-state index contributed by atoms with van der Waals surface area (Å²) in [5, 5.41) is 12.6. The molecular formula is C21H26N4O. The van der Waals surface area contributed by atoms with Crippen LogP contribution in [-0.2, 0) is 4.79 Å². The van der Waals surface area contributed by atoms with Crippen molar-refractivity contribution in [3.8, 4) is 6.07 Å². The Bertz CT molecular complexity index is 840. The molecule has 0 radical (unpaired) electrons. The van der Waals surface area contributed by atoms with Crippen molar-refractivity contribution < 1.29 is 4.79 Å². The predicted octanol–water partition coefficient (Wildman–Crippen LogP) is 3.94. The zero-order valence-corrected chi connectivity index (χ0v) is 15.7. The van der Waals surface area contributed by atoms with Crippen LogP contribution >= 0.6 is 0 Å². The Hall–Kier alpha value is -2.48. The van der Waals surface area contributed by atoms with Crippen LogP contribution in [0.5, 0.6) is 0 Å². The SMILES string of the molecule is CC(C)CC(=O)NC1C[C@H](C)C[C@H](c2ccc(C#N)c3nccnc23)C1. The van der Waals surface area contributed by atoms with Crippen LogP contribution in [0.4, 0.5) is 0 Å². The number of carbonyl (C=O) groups excluding carboxylic acids is 1. The number of carbonyl (C=O) groups is 1. The molecule has 3 atom stereocenters. The Kier molecular flexibility index (Phi) is 5.51. The summed E-state index contributed by atoms with van der Waals surface area (Å²) in [5.41, 5.74) is 3.19. The Balaban J connectivity index is 1.86. The lowest BCUT2D eigenvalue weighted by Crippen LogP contribution is -2.40. The maximum atomic E-state index is 12.2. The number of nitrogens with one attached hydrogen (secondary N) is 1. The van der Waals surface area contributed by atoms with E-state index in [0.717, 1.165) is 30.3 Å². The van der Waals surface area contributed by atoms with Crippen LogP contribution in [0.15, 0.2) is 24.5 Å². The van der Waals surface area contributed by atoms with Crippen LogP contribution in [0.1, 0.15) is 63.5 Å². The molecular weight excluding hydrogens is 324 g/mol. The monoisotopic (exact) mass is 350 g/mol. The van der Waals surface area contributed by atoms with Crippen LogP contribution in [0, 0.1) is 23.2 Å². The molecule has 1 saturated carbocycles. The van der Waals surface area contributed by atoms with Crippen molar-refractivity contribution in [1.29, 1.82) is 5.26 Å². The van der Waals surface area contributed by atoms with Gasteiger partial charge in [-0.2, -0.15) is 5.26 Å². The van der Waals surface area contributed by atoms with Crippen LogP contribution in [0.3, 0.4) is 0 Å². The summed E-state index contributed by atoms with van der Waals surface area (Å²) in [6.07, 6.45) is 6.87. The highest BCUT2D eigenvalue weighted by Crippen LogP contribution is 2.38. The van der Waals surface area contributed by atoms with Crippen molar-refractivity contribution in [2.24, 2.45) is 11.8 Å². The second-order valence-corrected chi connectivity index (χ2v) is 7.94. The molecule has 1 unspecified atom stereocenters. The molecule has 1 aliphatic carbocycles. The molecule has 1 amide bonds. The average Bonchev–Trinajstić information content (AvgIpc) is 2.59. The Labute approximate surface area is 154 Å². The second kappa shape index (κ2) is 7.82. The number of hydrogen-bond acceptors (Lipinski definition) is 4. The van der Waals surface area contributed by atoms with Gasteiger partial charge in [-0.15, -0.1) is 0 Å². The number of rotatable bonds is 4. The molecule has 1 fully saturated rings. The van der Waals surface area contributed by atoms with Crippen molar-refractivity contribution in [3.63, 3.8) is 0 Å². The molecule has 2 aromatic rings. The molecule has 5 nitrogen and oxygen atoms in total. The molecule has 26 heavy (non-hydrogen) atoms. The first-order valence-electron chi connectivity index (χ1n) is 9.41. The van der Waals surface area contributed by atoms with E-state index in [2.05, 4.69) is 42.1 Å². The van der Waals surface area contributed by atoms with Gasteiger partial charge >= 0.3 is 0 Å². The van der Waals surface area contributed by atoms with E-state index in [1.54, 1.807) is 12.4 Å². The standard InChI is InChI=1S/C21H26N4O/c1-13(2)8-19(26)25-17-10-14(3)9-16(11-17)18-5-4-15(12-22)20-21(18)24-7-6-23-20/h4-7,13-14,16-17H,8-11H2,1-3H3,(H,25,26)/t14-,16+,17?/m1/s1. The topological polar surface area (TPSA) is 78.7 Å². The van der Waals surface area contributed by atoms with Gasteiger partial charge in [0.2, 0.25) is 5.91 Å². The summed E-state index contributed by atoms with van der Waals surface area (Å²) in [6.45, 7) is 6.37. The van der Waals surface area contributed by atoms with Crippen molar-refractivity contribution in [2.75, 3.05) is 0 Å². The summed E-state index contributed by atoms with van der Waals surface area (Å²) >= 11 is 0. The largest absolute Gasteiger partial charge is 0.353 e. The molecule has 0 aliphatic heterocycles. The molecule has 1 aromatic heterocycles. The van der Waals surface area contributed by atoms with Crippen LogP contribution in [0.2, 0.25) is 0 Å². The molecule has 1 heterocycles. The predicted molar refractivity (Wildman–Crippen MR) is 101 cm³/mol. The van der Waals surface area contributed by atoms with E-state index in [4.69, 9.17) is 0 Å². The van der Waals surface area contributed by atoms with Gasteiger partial charge in [0.25, 0.3) is 0 Å². The zero-order valence-electron chi connectivity index (χ0n) is 15.7. The van der Waals surface area contributed by atoms with E-state index in [1.807, 2.05) is 12.1 Å². The average molecular weight is 350 g/mol. The molecule has 3 rings (SSSR count). The van der Waals surface area contributed by atoms with E-state index in [-0.39, 0.29) is 11.9 Å². The first-order valence-corrected chi connectivity index (χ1v) is 9.41. The lowest BCUT2D eigenvalue weighted by molar-refractivity contribution is -0.122. The van der Waals surface area contributed by atoms with E-state index in [0.29, 0.717) is 35.3 Å². The fraction of sp³-hybridized carbons (Fsp3) is 0.524. The Morgan fingerprint density at radius 3 is 2.65 bits per heavy atom. The summed E-state index contributed by atoms with van der Waals surface area (Å²) in [5.74, 6) is 1.35. The molecule has 5 heteroatoms. The molecule has 0 bridgehead atoms. The number of nitriles is 1. The fourth-order valence-corrected chi connectivity index (χ4v) is 4.13. The van der Waals surface area contributed by atoms with Gasteiger partial charge in [0.05, 0.1) is 11.1 Å². The van der Waals surface area contributed by atoms with Crippen molar-refractivity contribution in [1.82, 2.24) is 15.3 Å². The van der Waals surface area contributed by atoms with Gasteiger partial charge < -0.3 is 5.32 Å². The van der Waals surface area contributed by atoms with Gasteiger partial charge in [-0.05, 0) is 48.6 Å². The summed E-state index contributed by atoms with van der Waals surface area (Å²) in [7, 11) is 0. The number of amides is 1. The number of benzene rings is 1. The minimum Gasteiger partial charge on any atom is -0.353 e. The van der Waals surface area contributed by atoms with Crippen molar-refractivity contribution >= 4 is 16.9 Å². The molecule has 0 saturated heterocycles. The van der Waals surface area contributed by atoms with Gasteiger partial charge in [-0.25, -0.2) is 0 Å². The van der Waals surface area contributed by atoms with Gasteiger partial charge in [0.1, 0.15) is 11.6 Å². The molecule has 1 N–H and O–H groups in total. The first kappa shape index (κ1) is 18.3. The van der Waals surface area contributed by atoms with Gasteiger partial charge in [-0.3, -0.25) is 14.8 Å².